The second kappa shape index (κ2) is 28.0. The van der Waals surface area contributed by atoms with E-state index in [1.54, 1.807) is 20.3 Å². The molecule has 0 spiro atoms. The summed E-state index contributed by atoms with van der Waals surface area (Å²) in [7, 11) is -3.28. The number of nitrogens with one attached hydrogen (secondary N) is 1. The van der Waals surface area contributed by atoms with Gasteiger partial charge in [0.05, 0.1) is 52.2 Å². The first-order chi connectivity index (χ1) is 43.4. The van der Waals surface area contributed by atoms with E-state index >= 15 is 0 Å². The molecule has 4 aromatic heterocycles. The molecule has 482 valence electrons. The number of ether oxygens (including phenoxy) is 6. The molecule has 2 unspecified atom stereocenters. The number of aromatic nitrogens is 7. The second-order valence-electron chi connectivity index (χ2n) is 24.4. The first kappa shape index (κ1) is 66.9. The fourth-order valence-electron chi connectivity index (χ4n) is 10.7. The van der Waals surface area contributed by atoms with E-state index in [1.807, 2.05) is 137 Å². The third kappa shape index (κ3) is 14.9. The van der Waals surface area contributed by atoms with E-state index in [4.69, 9.17) is 62.7 Å². The third-order valence-electron chi connectivity index (χ3n) is 16.4. The summed E-state index contributed by atoms with van der Waals surface area (Å²) in [5.74, 6) is 1.51. The summed E-state index contributed by atoms with van der Waals surface area (Å²) >= 11 is 6.38. The number of nitriles is 1. The molecule has 28 heteroatoms. The first-order valence-corrected chi connectivity index (χ1v) is 36.3. The van der Waals surface area contributed by atoms with Gasteiger partial charge in [-0.05, 0) is 100 Å². The Labute approximate surface area is 533 Å². The number of rotatable bonds is 26. The predicted molar refractivity (Wildman–Crippen MR) is 344 cm³/mol. The van der Waals surface area contributed by atoms with Gasteiger partial charge in [0, 0.05) is 37.3 Å². The van der Waals surface area contributed by atoms with Crippen molar-refractivity contribution in [1.82, 2.24) is 33.9 Å². The standard InChI is InChI=1S/C63H75N9O15P2SSi/c1-61(2,3)41-17-27-47(28-18-41)79-40-52(73)67-48-29-32-65-58-55(48)68-69-72(58)54-37-49(50(83-54)38-80-63(42-15-12-11-13-16-42,43-19-23-45(77-7)24-20-43)44-21-25-46(78-8)26-22-44)86-89(90,81-36-14-31-64)82-39-51-56(87-91(9,10)62(4,5)6)57(85-88(75)76)59(84-51)71-34-30-53(74)70-35-33-66-60(70)71/h11-13,15-30,32-35,49-51,54,56-57,59,88H,14,36-40H2,1-10H3,(H,75,76)(H,65,67,73)/t49-,50+,51+,54+,56+,57+,59+,89?/m0/s1. The predicted octanol–water partition coefficient (Wildman–Crippen LogP) is 10.6. The zero-order valence-electron chi connectivity index (χ0n) is 52.2. The van der Waals surface area contributed by atoms with Gasteiger partial charge in [0.2, 0.25) is 5.78 Å². The van der Waals surface area contributed by atoms with Gasteiger partial charge in [-0.25, -0.2) is 9.97 Å². The van der Waals surface area contributed by atoms with Crippen molar-refractivity contribution < 1.29 is 65.2 Å². The summed E-state index contributed by atoms with van der Waals surface area (Å²) in [5, 5.41) is 21.4. The molecule has 10 rings (SSSR count). The molecule has 2 fully saturated rings. The van der Waals surface area contributed by atoms with Gasteiger partial charge >= 0.3 is 15.0 Å². The Morgan fingerprint density at radius 3 is 2.09 bits per heavy atom. The van der Waals surface area contributed by atoms with E-state index < -0.39 is 77.8 Å². The van der Waals surface area contributed by atoms with Gasteiger partial charge in [0.25, 0.3) is 11.5 Å². The van der Waals surface area contributed by atoms with Gasteiger partial charge in [-0.15, -0.1) is 5.10 Å². The maximum Gasteiger partial charge on any atom is 0.327 e. The maximum atomic E-state index is 13.5. The number of imidazole rings is 1. The molecule has 0 bridgehead atoms. The number of hydrogen-bond acceptors (Lipinski definition) is 20. The Bertz CT molecular complexity index is 3940. The highest BCUT2D eigenvalue weighted by atomic mass is 32.5. The molecular formula is C63H75N9O15P2SSi. The van der Waals surface area contributed by atoms with Crippen LogP contribution in [0, 0.1) is 11.3 Å². The van der Waals surface area contributed by atoms with E-state index in [9.17, 15) is 24.3 Å². The molecule has 2 aliphatic heterocycles. The van der Waals surface area contributed by atoms with Crippen molar-refractivity contribution in [2.45, 2.75) is 127 Å². The Morgan fingerprint density at radius 1 is 0.813 bits per heavy atom. The van der Waals surface area contributed by atoms with Crippen LogP contribution in [0.15, 0.2) is 145 Å². The quantitative estimate of drug-likeness (QED) is 0.0221. The number of hydrogen-bond donors (Lipinski definition) is 2. The second-order valence-corrected chi connectivity index (χ2v) is 32.9. The number of carbonyl (C=O) groups excluding carboxylic acids is 1. The zero-order valence-corrected chi connectivity index (χ0v) is 55.9. The molecule has 4 aromatic carbocycles. The van der Waals surface area contributed by atoms with E-state index in [1.165, 1.54) is 44.5 Å². The number of fused-ring (bicyclic) bond motifs is 2. The van der Waals surface area contributed by atoms with Crippen LogP contribution in [-0.4, -0.2) is 124 Å². The lowest BCUT2D eigenvalue weighted by Gasteiger charge is -2.40. The molecule has 8 aromatic rings. The number of carbonyl (C=O) groups is 1. The number of methoxy groups -OCH3 is 2. The molecule has 0 saturated carbocycles. The highest BCUT2D eigenvalue weighted by molar-refractivity contribution is 8.07. The van der Waals surface area contributed by atoms with E-state index in [-0.39, 0.29) is 72.2 Å². The molecule has 0 aliphatic carbocycles. The van der Waals surface area contributed by atoms with Gasteiger partial charge in [-0.1, -0.05) is 113 Å². The topological polar surface area (TPSA) is 275 Å². The van der Waals surface area contributed by atoms with Crippen molar-refractivity contribution in [3.05, 3.63) is 173 Å². The van der Waals surface area contributed by atoms with Gasteiger partial charge in [-0.2, -0.15) is 9.94 Å². The monoisotopic (exact) mass is 1320 g/mol. The van der Waals surface area contributed by atoms with Crippen LogP contribution in [0.2, 0.25) is 18.1 Å². The van der Waals surface area contributed by atoms with E-state index in [2.05, 4.69) is 52.4 Å². The van der Waals surface area contributed by atoms with Crippen LogP contribution in [0.5, 0.6) is 17.2 Å². The number of pyridine rings is 1. The molecule has 2 N–H and O–H groups in total. The largest absolute Gasteiger partial charge is 0.497 e. The van der Waals surface area contributed by atoms with E-state index in [0.717, 1.165) is 22.3 Å². The average Bonchev–Trinajstić information content (AvgIpc) is 1.83. The summed E-state index contributed by atoms with van der Waals surface area (Å²) < 4.78 is 88.7. The van der Waals surface area contributed by atoms with Crippen LogP contribution in [0.1, 0.15) is 89.1 Å². The molecule has 6 heterocycles. The van der Waals surface area contributed by atoms with Crippen LogP contribution in [0.4, 0.5) is 5.69 Å². The molecule has 91 heavy (non-hydrogen) atoms. The minimum atomic E-state index is -4.08. The first-order valence-electron chi connectivity index (χ1n) is 29.5. The fourth-order valence-corrected chi connectivity index (χ4v) is 14.6. The highest BCUT2D eigenvalue weighted by Gasteiger charge is 2.54. The normalized spacial score (nSPS) is 20.7. The molecule has 24 nitrogen and oxygen atoms in total. The van der Waals surface area contributed by atoms with Crippen LogP contribution in [0.3, 0.4) is 0 Å². The lowest BCUT2D eigenvalue weighted by Crippen LogP contribution is -2.50. The molecular weight excluding hydrogens is 1240 g/mol. The Morgan fingerprint density at radius 2 is 1.46 bits per heavy atom. The lowest BCUT2D eigenvalue weighted by molar-refractivity contribution is -0.118. The smallest absolute Gasteiger partial charge is 0.327 e. The molecule has 2 saturated heterocycles. The summed E-state index contributed by atoms with van der Waals surface area (Å²) in [4.78, 5) is 46.1. The van der Waals surface area contributed by atoms with Gasteiger partial charge in [-0.3, -0.25) is 27.6 Å². The number of benzene rings is 4. The van der Waals surface area contributed by atoms with Crippen LogP contribution < -0.4 is 25.1 Å². The summed E-state index contributed by atoms with van der Waals surface area (Å²) in [6.45, 7) is 11.4. The molecule has 1 amide bonds. The van der Waals surface area contributed by atoms with Crippen molar-refractivity contribution in [3.8, 4) is 23.3 Å². The number of amides is 1. The van der Waals surface area contributed by atoms with Crippen molar-refractivity contribution in [1.29, 1.82) is 5.26 Å². The van der Waals surface area contributed by atoms with E-state index in [0.29, 0.717) is 22.9 Å². The van der Waals surface area contributed by atoms with Crippen molar-refractivity contribution in [2.75, 3.05) is 46.0 Å². The van der Waals surface area contributed by atoms with Gasteiger partial charge < -0.3 is 56.6 Å². The molecule has 9 atom stereocenters. The summed E-state index contributed by atoms with van der Waals surface area (Å²) in [5.41, 5.74) is 2.45. The number of anilines is 1. The Kier molecular flexibility index (Phi) is 20.6. The van der Waals surface area contributed by atoms with Crippen LogP contribution >= 0.6 is 15.0 Å². The molecule has 0 radical (unpaired) electrons. The SMILES string of the molecule is COc1ccc(C(OC[C@H]2O[C@@H](n3nnc4c(NC(=O)COc5ccc(C(C)(C)C)cc5)ccnc43)C[C@@H]2OP(=S)(OCCC#N)OC[C@H]2O[C@@H](n3ccc(=O)n4ccnc34)[C@H](O[PH](=O)O)[C@@H]2O[Si](C)(C)C(C)(C)C)(c2ccccc2)c2ccc(OC)cc2)cc1. The highest BCUT2D eigenvalue weighted by Crippen LogP contribution is 2.55. The summed E-state index contributed by atoms with van der Waals surface area (Å²) in [6.07, 6.45) is -1.78. The van der Waals surface area contributed by atoms with Crippen molar-refractivity contribution in [3.63, 3.8) is 0 Å². The third-order valence-corrected chi connectivity index (χ3v) is 23.8. The average molecular weight is 1320 g/mol. The van der Waals surface area contributed by atoms with Crippen LogP contribution in [-0.2, 0) is 68.9 Å². The maximum absolute atomic E-state index is 13.5. The van der Waals surface area contributed by atoms with Crippen molar-refractivity contribution in [2.24, 2.45) is 0 Å². The Balaban J connectivity index is 1.01. The summed E-state index contributed by atoms with van der Waals surface area (Å²) in [6, 6.07) is 37.5. The van der Waals surface area contributed by atoms with Crippen molar-refractivity contribution >= 4 is 63.6 Å². The fraction of sp³-hybridized carbons (Fsp3) is 0.413. The lowest BCUT2D eigenvalue weighted by atomic mass is 9.80. The van der Waals surface area contributed by atoms with Gasteiger partial charge in [0.15, 0.2) is 38.5 Å². The molecule has 2 aliphatic rings. The minimum absolute atomic E-state index is 0.0197. The zero-order chi connectivity index (χ0) is 64.9. The van der Waals surface area contributed by atoms with Gasteiger partial charge in [0.1, 0.15) is 53.4 Å². The number of nitrogens with zero attached hydrogens (tertiary/aromatic N) is 8. The van der Waals surface area contributed by atoms with Crippen LogP contribution in [0.25, 0.3) is 16.9 Å². The minimum Gasteiger partial charge on any atom is -0.497 e. The Hall–Kier alpha value is -7.05.